The van der Waals surface area contributed by atoms with Gasteiger partial charge in [0.05, 0.1) is 12.2 Å². The van der Waals surface area contributed by atoms with Crippen molar-refractivity contribution in [2.75, 3.05) is 6.61 Å². The van der Waals surface area contributed by atoms with Gasteiger partial charge < -0.3 is 14.9 Å². The van der Waals surface area contributed by atoms with Crippen LogP contribution in [0.2, 0.25) is 0 Å². The molecule has 2 N–H and O–H groups in total. The third-order valence-electron chi connectivity index (χ3n) is 2.22. The number of aliphatic hydroxyl groups is 2. The fourth-order valence-corrected chi connectivity index (χ4v) is 1.52. The van der Waals surface area contributed by atoms with Crippen LogP contribution >= 0.6 is 0 Å². The van der Waals surface area contributed by atoms with E-state index in [9.17, 15) is 15.0 Å². The van der Waals surface area contributed by atoms with Crippen LogP contribution in [0, 0.1) is 0 Å². The maximum Gasteiger partial charge on any atom is 0.334 e. The highest BCUT2D eigenvalue weighted by molar-refractivity contribution is 5.92. The van der Waals surface area contributed by atoms with Crippen molar-refractivity contribution >= 4 is 5.97 Å². The minimum absolute atomic E-state index is 0.117. The van der Waals surface area contributed by atoms with E-state index in [0.29, 0.717) is 11.1 Å². The van der Waals surface area contributed by atoms with E-state index in [1.807, 2.05) is 0 Å². The second-order valence-corrected chi connectivity index (χ2v) is 3.60. The number of esters is 1. The first-order chi connectivity index (χ1) is 7.06. The first-order valence-electron chi connectivity index (χ1n) is 4.94. The lowest BCUT2D eigenvalue weighted by atomic mass is 10.0. The van der Waals surface area contributed by atoms with Gasteiger partial charge in [-0.05, 0) is 13.8 Å². The molecule has 4 heteroatoms. The third kappa shape index (κ3) is 2.91. The number of allylic oxidation sites excluding steroid dienone is 1. The molecule has 0 unspecified atom stereocenters. The molecule has 0 aromatic rings. The van der Waals surface area contributed by atoms with Gasteiger partial charge in [-0.3, -0.25) is 0 Å². The number of carbonyl (C=O) groups excluding carboxylic acids is 1. The van der Waals surface area contributed by atoms with Gasteiger partial charge in [0.1, 0.15) is 6.61 Å². The van der Waals surface area contributed by atoms with Gasteiger partial charge in [0.25, 0.3) is 0 Å². The molecule has 0 bridgehead atoms. The highest BCUT2D eigenvalue weighted by atomic mass is 16.5. The fourth-order valence-electron chi connectivity index (χ4n) is 1.52. The molecule has 1 aliphatic rings. The van der Waals surface area contributed by atoms with E-state index in [1.165, 1.54) is 0 Å². The van der Waals surface area contributed by atoms with Crippen molar-refractivity contribution in [2.45, 2.75) is 32.5 Å². The van der Waals surface area contributed by atoms with Gasteiger partial charge in [-0.1, -0.05) is 12.2 Å². The minimum atomic E-state index is -0.796. The predicted octanol–water partition coefficient (Wildman–Crippen LogP) is 0.548. The van der Waals surface area contributed by atoms with Crippen LogP contribution in [0.15, 0.2) is 23.3 Å². The Balaban J connectivity index is 2.89. The predicted molar refractivity (Wildman–Crippen MR) is 55.1 cm³/mol. The van der Waals surface area contributed by atoms with Gasteiger partial charge in [-0.2, -0.15) is 0 Å². The Labute approximate surface area is 88.9 Å². The molecule has 0 saturated carbocycles. The molecule has 84 valence electrons. The van der Waals surface area contributed by atoms with Crippen molar-refractivity contribution in [1.29, 1.82) is 0 Å². The summed E-state index contributed by atoms with van der Waals surface area (Å²) in [5, 5.41) is 18.9. The Morgan fingerprint density at radius 2 is 2.20 bits per heavy atom. The lowest BCUT2D eigenvalue weighted by Crippen LogP contribution is -2.12. The van der Waals surface area contributed by atoms with Gasteiger partial charge in [-0.15, -0.1) is 0 Å². The monoisotopic (exact) mass is 212 g/mol. The van der Waals surface area contributed by atoms with E-state index < -0.39 is 18.2 Å². The number of ether oxygens (including phenoxy) is 1. The number of hydrogen-bond donors (Lipinski definition) is 2. The van der Waals surface area contributed by atoms with E-state index in [1.54, 1.807) is 26.0 Å². The summed E-state index contributed by atoms with van der Waals surface area (Å²) in [6.45, 7) is 3.50. The Kier molecular flexibility index (Phi) is 4.05. The largest absolute Gasteiger partial charge is 0.458 e. The van der Waals surface area contributed by atoms with Gasteiger partial charge in [0.2, 0.25) is 0 Å². The van der Waals surface area contributed by atoms with Crippen molar-refractivity contribution < 1.29 is 19.7 Å². The van der Waals surface area contributed by atoms with Crippen LogP contribution in [0.3, 0.4) is 0 Å². The summed E-state index contributed by atoms with van der Waals surface area (Å²) in [7, 11) is 0. The van der Waals surface area contributed by atoms with E-state index in [4.69, 9.17) is 4.74 Å². The average Bonchev–Trinajstić information content (AvgIpc) is 2.48. The maximum absolute atomic E-state index is 11.3. The summed E-state index contributed by atoms with van der Waals surface area (Å²) >= 11 is 0. The zero-order valence-corrected chi connectivity index (χ0v) is 8.93. The molecule has 0 fully saturated rings. The summed E-state index contributed by atoms with van der Waals surface area (Å²) in [5.41, 5.74) is 0.953. The Morgan fingerprint density at radius 1 is 1.53 bits per heavy atom. The molecule has 0 aromatic heterocycles. The number of rotatable bonds is 4. The maximum atomic E-state index is 11.3. The Hall–Kier alpha value is -1.13. The molecule has 1 aliphatic heterocycles. The van der Waals surface area contributed by atoms with Crippen molar-refractivity contribution in [3.63, 3.8) is 0 Å². The molecule has 0 saturated heterocycles. The molecular weight excluding hydrogens is 196 g/mol. The summed E-state index contributed by atoms with van der Waals surface area (Å²) in [6, 6.07) is 0. The smallest absolute Gasteiger partial charge is 0.334 e. The van der Waals surface area contributed by atoms with Crippen LogP contribution in [0.25, 0.3) is 0 Å². The van der Waals surface area contributed by atoms with E-state index in [0.717, 1.165) is 0 Å². The Bertz CT molecular complexity index is 302. The summed E-state index contributed by atoms with van der Waals surface area (Å²) in [6.07, 6.45) is 2.11. The SMILES string of the molecule is C/C=C/[C@H](O)C1=C(C[C@H](C)O)C(=O)OC1. The molecule has 0 spiro atoms. The number of hydrogen-bond acceptors (Lipinski definition) is 4. The molecule has 0 amide bonds. The van der Waals surface area contributed by atoms with E-state index in [2.05, 4.69) is 0 Å². The summed E-state index contributed by atoms with van der Waals surface area (Å²) < 4.78 is 4.83. The third-order valence-corrected chi connectivity index (χ3v) is 2.22. The van der Waals surface area contributed by atoms with Crippen LogP contribution in [0.4, 0.5) is 0 Å². The topological polar surface area (TPSA) is 66.8 Å². The van der Waals surface area contributed by atoms with Crippen molar-refractivity contribution in [2.24, 2.45) is 0 Å². The van der Waals surface area contributed by atoms with Gasteiger partial charge in [0, 0.05) is 17.6 Å². The molecule has 4 nitrogen and oxygen atoms in total. The molecule has 2 atom stereocenters. The lowest BCUT2D eigenvalue weighted by molar-refractivity contribution is -0.136. The summed E-state index contributed by atoms with van der Waals surface area (Å²) in [5.74, 6) is -0.436. The second kappa shape index (κ2) is 5.09. The van der Waals surface area contributed by atoms with Gasteiger partial charge in [0.15, 0.2) is 0 Å². The zero-order chi connectivity index (χ0) is 11.4. The van der Waals surface area contributed by atoms with Crippen LogP contribution in [0.5, 0.6) is 0 Å². The molecular formula is C11H16O4. The number of carbonyl (C=O) groups is 1. The Morgan fingerprint density at radius 3 is 2.73 bits per heavy atom. The first-order valence-corrected chi connectivity index (χ1v) is 4.94. The molecule has 1 heterocycles. The van der Waals surface area contributed by atoms with E-state index in [-0.39, 0.29) is 13.0 Å². The molecule has 0 radical (unpaired) electrons. The second-order valence-electron chi connectivity index (χ2n) is 3.60. The standard InChI is InChI=1S/C11H16O4/c1-3-4-10(13)9-6-15-11(14)8(9)5-7(2)12/h3-4,7,10,12-13H,5-6H2,1-2H3/b4-3+/t7-,10-/m0/s1. The molecule has 0 aromatic carbocycles. The van der Waals surface area contributed by atoms with Crippen LogP contribution < -0.4 is 0 Å². The highest BCUT2D eigenvalue weighted by Crippen LogP contribution is 2.23. The van der Waals surface area contributed by atoms with E-state index >= 15 is 0 Å². The number of cyclic esters (lactones) is 1. The van der Waals surface area contributed by atoms with Crippen LogP contribution in [-0.4, -0.2) is 35.0 Å². The first kappa shape index (κ1) is 11.9. The molecule has 15 heavy (non-hydrogen) atoms. The van der Waals surface area contributed by atoms with Gasteiger partial charge in [-0.25, -0.2) is 4.79 Å². The molecule has 1 rings (SSSR count). The fraction of sp³-hybridized carbons (Fsp3) is 0.545. The average molecular weight is 212 g/mol. The lowest BCUT2D eigenvalue weighted by Gasteiger charge is -2.08. The quantitative estimate of drug-likeness (QED) is 0.527. The molecule has 0 aliphatic carbocycles. The van der Waals surface area contributed by atoms with Crippen LogP contribution in [0.1, 0.15) is 20.3 Å². The summed E-state index contributed by atoms with van der Waals surface area (Å²) in [4.78, 5) is 11.3. The highest BCUT2D eigenvalue weighted by Gasteiger charge is 2.28. The van der Waals surface area contributed by atoms with Crippen molar-refractivity contribution in [1.82, 2.24) is 0 Å². The van der Waals surface area contributed by atoms with Crippen molar-refractivity contribution in [3.8, 4) is 0 Å². The normalized spacial score (nSPS) is 20.9. The zero-order valence-electron chi connectivity index (χ0n) is 8.93. The van der Waals surface area contributed by atoms with Crippen LogP contribution in [-0.2, 0) is 9.53 Å². The minimum Gasteiger partial charge on any atom is -0.458 e. The van der Waals surface area contributed by atoms with Gasteiger partial charge >= 0.3 is 5.97 Å². The number of aliphatic hydroxyl groups excluding tert-OH is 2. The van der Waals surface area contributed by atoms with Crippen molar-refractivity contribution in [3.05, 3.63) is 23.3 Å².